The quantitative estimate of drug-likeness (QED) is 0.575. The smallest absolute Gasteiger partial charge is 0.315 e. The third kappa shape index (κ3) is 6.08. The number of carbonyl (C=O) groups excluding carboxylic acids is 2. The first-order valence-electron chi connectivity index (χ1n) is 7.83. The molecule has 0 bridgehead atoms. The van der Waals surface area contributed by atoms with Crippen molar-refractivity contribution in [2.24, 2.45) is 0 Å². The second-order valence-electron chi connectivity index (χ2n) is 5.14. The molecule has 24 heavy (non-hydrogen) atoms. The van der Waals surface area contributed by atoms with Crippen LogP contribution in [-0.4, -0.2) is 18.5 Å². The average Bonchev–Trinajstić information content (AvgIpc) is 2.56. The Kier molecular flexibility index (Phi) is 6.77. The van der Waals surface area contributed by atoms with Crippen LogP contribution in [0, 0.1) is 0 Å². The van der Waals surface area contributed by atoms with Crippen LogP contribution >= 0.6 is 0 Å². The molecule has 0 spiro atoms. The van der Waals surface area contributed by atoms with Gasteiger partial charge in [-0.1, -0.05) is 60.7 Å². The molecule has 0 unspecified atom stereocenters. The minimum atomic E-state index is -0.424. The summed E-state index contributed by atoms with van der Waals surface area (Å²) in [6.07, 6.45) is 1.75. The SMILES string of the molecule is CCOC(=O)C/C(=C/c1ccccc1)OC(=O)Cc1ccccc1. The minimum absolute atomic E-state index is 0.0801. The molecule has 4 nitrogen and oxygen atoms in total. The molecule has 0 saturated heterocycles. The summed E-state index contributed by atoms with van der Waals surface area (Å²) >= 11 is 0. The standard InChI is InChI=1S/C20H20O4/c1-2-23-19(21)15-18(13-16-9-5-3-6-10-16)24-20(22)14-17-11-7-4-8-12-17/h3-13H,2,14-15H2,1H3/b18-13-. The van der Waals surface area contributed by atoms with E-state index >= 15 is 0 Å². The van der Waals surface area contributed by atoms with Gasteiger partial charge in [-0.05, 0) is 24.1 Å². The Balaban J connectivity index is 2.08. The summed E-state index contributed by atoms with van der Waals surface area (Å²) in [6, 6.07) is 18.7. The van der Waals surface area contributed by atoms with Crippen molar-refractivity contribution in [1.82, 2.24) is 0 Å². The third-order valence-electron chi connectivity index (χ3n) is 3.19. The zero-order chi connectivity index (χ0) is 17.2. The number of hydrogen-bond donors (Lipinski definition) is 0. The van der Waals surface area contributed by atoms with Gasteiger partial charge in [-0.25, -0.2) is 0 Å². The van der Waals surface area contributed by atoms with Gasteiger partial charge in [-0.3, -0.25) is 9.59 Å². The molecule has 0 aliphatic rings. The maximum absolute atomic E-state index is 12.1. The maximum Gasteiger partial charge on any atom is 0.315 e. The van der Waals surface area contributed by atoms with Crippen molar-refractivity contribution in [2.75, 3.05) is 6.61 Å². The fraction of sp³-hybridized carbons (Fsp3) is 0.200. The van der Waals surface area contributed by atoms with E-state index in [9.17, 15) is 9.59 Å². The second-order valence-corrected chi connectivity index (χ2v) is 5.14. The van der Waals surface area contributed by atoms with E-state index in [-0.39, 0.29) is 25.2 Å². The Labute approximate surface area is 141 Å². The molecule has 0 aliphatic carbocycles. The Hall–Kier alpha value is -2.88. The van der Waals surface area contributed by atoms with Crippen LogP contribution in [0.15, 0.2) is 66.4 Å². The summed E-state index contributed by atoms with van der Waals surface area (Å²) in [5.74, 6) is -0.555. The Morgan fingerprint density at radius 3 is 2.17 bits per heavy atom. The van der Waals surface area contributed by atoms with E-state index in [1.54, 1.807) is 13.0 Å². The normalized spacial score (nSPS) is 11.0. The third-order valence-corrected chi connectivity index (χ3v) is 3.19. The van der Waals surface area contributed by atoms with E-state index in [0.717, 1.165) is 11.1 Å². The molecule has 0 heterocycles. The summed E-state index contributed by atoms with van der Waals surface area (Å²) in [5, 5.41) is 0. The first-order chi connectivity index (χ1) is 11.7. The van der Waals surface area contributed by atoms with Gasteiger partial charge >= 0.3 is 11.9 Å². The van der Waals surface area contributed by atoms with Gasteiger partial charge in [0.05, 0.1) is 13.0 Å². The maximum atomic E-state index is 12.1. The van der Waals surface area contributed by atoms with Gasteiger partial charge in [0, 0.05) is 0 Å². The van der Waals surface area contributed by atoms with Crippen LogP contribution in [0.4, 0.5) is 0 Å². The molecule has 0 radical (unpaired) electrons. The lowest BCUT2D eigenvalue weighted by atomic mass is 10.1. The predicted molar refractivity (Wildman–Crippen MR) is 91.9 cm³/mol. The second kappa shape index (κ2) is 9.30. The first kappa shape index (κ1) is 17.5. The van der Waals surface area contributed by atoms with Crippen LogP contribution in [0.3, 0.4) is 0 Å². The van der Waals surface area contributed by atoms with E-state index in [1.165, 1.54) is 0 Å². The highest BCUT2D eigenvalue weighted by atomic mass is 16.6. The van der Waals surface area contributed by atoms with Gasteiger partial charge in [0.2, 0.25) is 0 Å². The number of esters is 2. The number of carbonyl (C=O) groups is 2. The van der Waals surface area contributed by atoms with Crippen LogP contribution < -0.4 is 0 Å². The highest BCUT2D eigenvalue weighted by molar-refractivity contribution is 5.78. The van der Waals surface area contributed by atoms with E-state index < -0.39 is 11.9 Å². The lowest BCUT2D eigenvalue weighted by Gasteiger charge is -2.09. The largest absolute Gasteiger partial charge is 0.466 e. The molecule has 0 aromatic heterocycles. The molecule has 2 aromatic rings. The van der Waals surface area contributed by atoms with Crippen LogP contribution in [0.5, 0.6) is 0 Å². The molecule has 0 atom stereocenters. The molecule has 124 valence electrons. The van der Waals surface area contributed by atoms with E-state index in [2.05, 4.69) is 0 Å². The predicted octanol–water partition coefficient (Wildman–Crippen LogP) is 3.77. The van der Waals surface area contributed by atoms with Crippen molar-refractivity contribution in [3.63, 3.8) is 0 Å². The van der Waals surface area contributed by atoms with Gasteiger partial charge in [0.25, 0.3) is 0 Å². The van der Waals surface area contributed by atoms with Gasteiger partial charge in [-0.2, -0.15) is 0 Å². The Morgan fingerprint density at radius 2 is 1.54 bits per heavy atom. The molecule has 0 fully saturated rings. The first-order valence-corrected chi connectivity index (χ1v) is 7.83. The van der Waals surface area contributed by atoms with Gasteiger partial charge < -0.3 is 9.47 Å². The molecule has 0 amide bonds. The fourth-order valence-corrected chi connectivity index (χ4v) is 2.15. The van der Waals surface area contributed by atoms with Crippen molar-refractivity contribution in [3.05, 3.63) is 77.5 Å². The van der Waals surface area contributed by atoms with Crippen molar-refractivity contribution < 1.29 is 19.1 Å². The highest BCUT2D eigenvalue weighted by Crippen LogP contribution is 2.14. The topological polar surface area (TPSA) is 52.6 Å². The average molecular weight is 324 g/mol. The Morgan fingerprint density at radius 1 is 0.917 bits per heavy atom. The van der Waals surface area contributed by atoms with Crippen molar-refractivity contribution in [2.45, 2.75) is 19.8 Å². The summed E-state index contributed by atoms with van der Waals surface area (Å²) in [7, 11) is 0. The highest BCUT2D eigenvalue weighted by Gasteiger charge is 2.13. The molecular formula is C20H20O4. The summed E-state index contributed by atoms with van der Waals surface area (Å²) in [6.45, 7) is 2.02. The van der Waals surface area contributed by atoms with Crippen LogP contribution in [0.1, 0.15) is 24.5 Å². The van der Waals surface area contributed by atoms with Gasteiger partial charge in [-0.15, -0.1) is 0 Å². The van der Waals surface area contributed by atoms with Gasteiger partial charge in [0.15, 0.2) is 0 Å². The molecular weight excluding hydrogens is 304 g/mol. The lowest BCUT2D eigenvalue weighted by molar-refractivity contribution is -0.144. The number of benzene rings is 2. The zero-order valence-corrected chi connectivity index (χ0v) is 13.6. The molecule has 0 saturated carbocycles. The molecule has 2 aromatic carbocycles. The van der Waals surface area contributed by atoms with E-state index in [1.807, 2.05) is 60.7 Å². The van der Waals surface area contributed by atoms with Crippen LogP contribution in [-0.2, 0) is 25.5 Å². The number of ether oxygens (including phenoxy) is 2. The van der Waals surface area contributed by atoms with Crippen molar-refractivity contribution in [3.8, 4) is 0 Å². The number of hydrogen-bond acceptors (Lipinski definition) is 4. The van der Waals surface area contributed by atoms with Crippen LogP contribution in [0.25, 0.3) is 6.08 Å². The summed E-state index contributed by atoms with van der Waals surface area (Å²) in [4.78, 5) is 23.9. The van der Waals surface area contributed by atoms with Crippen molar-refractivity contribution >= 4 is 18.0 Å². The molecule has 0 aliphatic heterocycles. The monoisotopic (exact) mass is 324 g/mol. The number of rotatable bonds is 7. The molecule has 2 rings (SSSR count). The van der Waals surface area contributed by atoms with Crippen molar-refractivity contribution in [1.29, 1.82) is 0 Å². The lowest BCUT2D eigenvalue weighted by Crippen LogP contribution is -2.12. The van der Waals surface area contributed by atoms with E-state index in [4.69, 9.17) is 9.47 Å². The zero-order valence-electron chi connectivity index (χ0n) is 13.6. The Bertz CT molecular complexity index is 690. The van der Waals surface area contributed by atoms with E-state index in [0.29, 0.717) is 0 Å². The molecule has 4 heteroatoms. The fourth-order valence-electron chi connectivity index (χ4n) is 2.15. The van der Waals surface area contributed by atoms with Gasteiger partial charge in [0.1, 0.15) is 12.2 Å². The summed E-state index contributed by atoms with van der Waals surface area (Å²) in [5.41, 5.74) is 1.71. The minimum Gasteiger partial charge on any atom is -0.466 e. The van der Waals surface area contributed by atoms with Crippen LogP contribution in [0.2, 0.25) is 0 Å². The molecule has 0 N–H and O–H groups in total. The summed E-state index contributed by atoms with van der Waals surface area (Å²) < 4.78 is 10.3.